The molecule has 10 heteroatoms. The van der Waals surface area contributed by atoms with E-state index >= 15 is 0 Å². The average molecular weight is 412 g/mol. The van der Waals surface area contributed by atoms with Crippen molar-refractivity contribution in [3.63, 3.8) is 0 Å². The molecular formula is ErF7NaY. The largest absolute Gasteiger partial charge is 3.00 e. The van der Waals surface area contributed by atoms with Gasteiger partial charge in [-0.25, -0.2) is 0 Å². The van der Waals surface area contributed by atoms with E-state index in [0.29, 0.717) is 0 Å². The summed E-state index contributed by atoms with van der Waals surface area (Å²) in [7, 11) is 0. The van der Waals surface area contributed by atoms with Crippen LogP contribution < -0.4 is 62.5 Å². The van der Waals surface area contributed by atoms with Crippen molar-refractivity contribution in [3.05, 3.63) is 0 Å². The fraction of sp³-hybridized carbons (Fsp3) is 0. The van der Waals surface area contributed by atoms with Crippen molar-refractivity contribution >= 4 is 0 Å². The molecule has 0 fully saturated rings. The quantitative estimate of drug-likeness (QED) is 0.274. The van der Waals surface area contributed by atoms with Crippen LogP contribution in [0.15, 0.2) is 0 Å². The molecule has 0 saturated carbocycles. The Hall–Kier alpha value is 2.86. The van der Waals surface area contributed by atoms with Crippen LogP contribution in [0.2, 0.25) is 0 Å². The second-order valence-corrected chi connectivity index (χ2v) is 0. The zero-order chi connectivity index (χ0) is 0. The number of hydrogen-bond donors (Lipinski definition) is 0. The molecule has 0 N–H and O–H groups in total. The minimum Gasteiger partial charge on any atom is -1.00 e. The molecule has 0 unspecified atom stereocenters. The first-order valence-electron chi connectivity index (χ1n) is 0. The van der Waals surface area contributed by atoms with Crippen LogP contribution in [0.3, 0.4) is 0 Å². The van der Waals surface area contributed by atoms with Gasteiger partial charge < -0.3 is 32.9 Å². The smallest absolute Gasteiger partial charge is 1.00 e. The fourth-order valence-electron chi connectivity index (χ4n) is 0. The summed E-state index contributed by atoms with van der Waals surface area (Å²) in [5, 5.41) is 0. The zero-order valence-corrected chi connectivity index (χ0v) is 11.2. The van der Waals surface area contributed by atoms with Gasteiger partial charge in [-0.3, -0.25) is 0 Å². The Morgan fingerprint density at radius 1 is 0.400 bits per heavy atom. The molecule has 0 saturated heterocycles. The van der Waals surface area contributed by atoms with Crippen LogP contribution in [0, 0.1) is 37.3 Å². The van der Waals surface area contributed by atoms with Gasteiger partial charge >= 0.3 is 99.6 Å². The molecule has 0 amide bonds. The monoisotopic (exact) mass is 411 g/mol. The summed E-state index contributed by atoms with van der Waals surface area (Å²) in [5.41, 5.74) is 0. The van der Waals surface area contributed by atoms with Gasteiger partial charge in [-0.1, -0.05) is 0 Å². The number of hydrogen-bond acceptors (Lipinski definition) is 0. The van der Waals surface area contributed by atoms with Gasteiger partial charge in [-0.05, 0) is 0 Å². The molecule has 0 spiro atoms. The maximum absolute atomic E-state index is 0. The molecule has 0 atom stereocenters. The molecule has 0 bridgehead atoms. The van der Waals surface area contributed by atoms with Gasteiger partial charge in [0.2, 0.25) is 0 Å². The van der Waals surface area contributed by atoms with Crippen molar-refractivity contribution in [1.29, 1.82) is 0 Å². The predicted molar refractivity (Wildman–Crippen MR) is 0 cm³/mol. The van der Waals surface area contributed by atoms with Crippen LogP contribution in [-0.2, 0) is 32.7 Å². The van der Waals surface area contributed by atoms with Crippen LogP contribution >= 0.6 is 0 Å². The van der Waals surface area contributed by atoms with E-state index in [1.165, 1.54) is 0 Å². The van der Waals surface area contributed by atoms with E-state index in [-0.39, 0.29) is 133 Å². The van der Waals surface area contributed by atoms with Gasteiger partial charge in [-0.2, -0.15) is 0 Å². The topological polar surface area (TPSA) is 0 Å². The molecule has 0 aromatic rings. The zero-order valence-electron chi connectivity index (χ0n) is 4.51. The van der Waals surface area contributed by atoms with Crippen LogP contribution in [0.4, 0.5) is 0 Å². The normalized spacial score (nSPS) is 0. The van der Waals surface area contributed by atoms with Gasteiger partial charge in [0.25, 0.3) is 0 Å². The summed E-state index contributed by atoms with van der Waals surface area (Å²) in [4.78, 5) is 0. The number of rotatable bonds is 0. The van der Waals surface area contributed by atoms with Crippen LogP contribution in [0.5, 0.6) is 0 Å². The van der Waals surface area contributed by atoms with E-state index in [4.69, 9.17) is 0 Å². The SMILES string of the molecule is [Er+3].[F-].[F-].[F-].[F-].[F-].[F-].[F-].[Na+].[Y+3]. The molecule has 0 aromatic carbocycles. The number of halogens is 7. The van der Waals surface area contributed by atoms with E-state index in [1.807, 2.05) is 0 Å². The Bertz CT molecular complexity index is 13.6. The summed E-state index contributed by atoms with van der Waals surface area (Å²) >= 11 is 0. The third-order valence-corrected chi connectivity index (χ3v) is 0. The minimum absolute atomic E-state index is 0. The Balaban J connectivity index is 0. The second-order valence-electron chi connectivity index (χ2n) is 0. The molecule has 0 aliphatic heterocycles. The molecule has 0 aliphatic rings. The van der Waals surface area contributed by atoms with Gasteiger partial charge in [0.15, 0.2) is 0 Å². The standard InChI is InChI=1S/Er.7FH.Na.Y/h;7*1H;;/q+3;;;;;;;;+1;+3/p-7. The Morgan fingerprint density at radius 2 is 0.400 bits per heavy atom. The molecule has 10 heavy (non-hydrogen) atoms. The molecule has 0 aromatic heterocycles. The second kappa shape index (κ2) is 171. The molecule has 0 rings (SSSR count). The van der Waals surface area contributed by atoms with Gasteiger partial charge in [0.1, 0.15) is 0 Å². The minimum atomic E-state index is 0. The first-order valence-corrected chi connectivity index (χ1v) is 0. The van der Waals surface area contributed by atoms with E-state index < -0.39 is 0 Å². The first-order chi connectivity index (χ1) is 0. The third-order valence-electron chi connectivity index (χ3n) is 0. The van der Waals surface area contributed by atoms with Crippen molar-refractivity contribution in [2.24, 2.45) is 0 Å². The van der Waals surface area contributed by atoms with Crippen molar-refractivity contribution in [3.8, 4) is 0 Å². The van der Waals surface area contributed by atoms with E-state index in [1.54, 1.807) is 0 Å². The maximum Gasteiger partial charge on any atom is 3.00 e. The summed E-state index contributed by atoms with van der Waals surface area (Å²) in [6.45, 7) is 0. The van der Waals surface area contributed by atoms with Crippen LogP contribution in [0.25, 0.3) is 0 Å². The fourth-order valence-corrected chi connectivity index (χ4v) is 0. The van der Waals surface area contributed by atoms with Gasteiger partial charge in [0, 0.05) is 0 Å². The summed E-state index contributed by atoms with van der Waals surface area (Å²) in [6.07, 6.45) is 0. The van der Waals surface area contributed by atoms with Crippen molar-refractivity contribution in [2.45, 2.75) is 0 Å². The van der Waals surface area contributed by atoms with Gasteiger partial charge in [0.05, 0.1) is 0 Å². The summed E-state index contributed by atoms with van der Waals surface area (Å²) < 4.78 is 0. The predicted octanol–water partition coefficient (Wildman–Crippen LogP) is -24.0. The Kier molecular flexibility index (Phi) is 3780. The van der Waals surface area contributed by atoms with Crippen molar-refractivity contribution < 1.29 is 133 Å². The molecule has 65 valence electrons. The maximum atomic E-state index is 0. The first kappa shape index (κ1) is 221. The molecule has 1 radical (unpaired) electrons. The average Bonchev–Trinajstić information content (AvgIpc) is 0. The molecule has 0 nitrogen and oxygen atoms in total. The van der Waals surface area contributed by atoms with Gasteiger partial charge in [-0.15, -0.1) is 0 Å². The van der Waals surface area contributed by atoms with Crippen LogP contribution in [0.1, 0.15) is 0 Å². The summed E-state index contributed by atoms with van der Waals surface area (Å²) in [5.74, 6) is 0. The van der Waals surface area contributed by atoms with Crippen molar-refractivity contribution in [1.82, 2.24) is 0 Å². The Morgan fingerprint density at radius 3 is 0.400 bits per heavy atom. The third kappa shape index (κ3) is 129. The Labute approximate surface area is 130 Å². The van der Waals surface area contributed by atoms with E-state index in [9.17, 15) is 0 Å². The summed E-state index contributed by atoms with van der Waals surface area (Å²) in [6, 6.07) is 0. The molecular weight excluding hydrogens is 412 g/mol. The van der Waals surface area contributed by atoms with E-state index in [2.05, 4.69) is 0 Å². The molecule has 0 heterocycles. The molecule has 0 aliphatic carbocycles. The van der Waals surface area contributed by atoms with E-state index in [0.717, 1.165) is 0 Å². The van der Waals surface area contributed by atoms with Crippen molar-refractivity contribution in [2.75, 3.05) is 0 Å². The van der Waals surface area contributed by atoms with Crippen LogP contribution in [-0.4, -0.2) is 0 Å².